The number of piperidine rings is 1. The van der Waals surface area contributed by atoms with Crippen molar-refractivity contribution in [2.24, 2.45) is 5.92 Å². The summed E-state index contributed by atoms with van der Waals surface area (Å²) in [7, 11) is 0. The predicted octanol–water partition coefficient (Wildman–Crippen LogP) is 4.39. The Morgan fingerprint density at radius 3 is 2.48 bits per heavy atom. The van der Waals surface area contributed by atoms with Crippen LogP contribution >= 0.6 is 0 Å². The summed E-state index contributed by atoms with van der Waals surface area (Å²) >= 11 is 0. The van der Waals surface area contributed by atoms with E-state index in [1.807, 2.05) is 43.9 Å². The Balaban J connectivity index is 1.69. The molecule has 2 aliphatic heterocycles. The van der Waals surface area contributed by atoms with Crippen molar-refractivity contribution in [1.29, 1.82) is 0 Å². The van der Waals surface area contributed by atoms with Gasteiger partial charge < -0.3 is 15.1 Å². The highest BCUT2D eigenvalue weighted by Gasteiger charge is 2.38. The van der Waals surface area contributed by atoms with E-state index >= 15 is 0 Å². The van der Waals surface area contributed by atoms with E-state index in [2.05, 4.69) is 24.9 Å². The Kier molecular flexibility index (Phi) is 6.35. The number of nitrogens with one attached hydrogen (secondary N) is 1. The molecule has 0 bridgehead atoms. The molecule has 1 N–H and O–H groups in total. The molecule has 2 fully saturated rings. The Morgan fingerprint density at radius 1 is 1.14 bits per heavy atom. The van der Waals surface area contributed by atoms with Crippen molar-refractivity contribution < 1.29 is 9.59 Å². The van der Waals surface area contributed by atoms with E-state index in [1.54, 1.807) is 4.90 Å². The lowest BCUT2D eigenvalue weighted by Gasteiger charge is -2.36. The van der Waals surface area contributed by atoms with Crippen molar-refractivity contribution in [2.45, 2.75) is 65.0 Å². The summed E-state index contributed by atoms with van der Waals surface area (Å²) in [6, 6.07) is 7.63. The van der Waals surface area contributed by atoms with E-state index in [0.29, 0.717) is 12.5 Å². The summed E-state index contributed by atoms with van der Waals surface area (Å²) in [5, 5.41) is 3.16. The number of rotatable bonds is 4. The predicted molar refractivity (Wildman–Crippen MR) is 117 cm³/mol. The monoisotopic (exact) mass is 397 g/mol. The third-order valence-corrected chi connectivity index (χ3v) is 6.39. The number of allylic oxidation sites excluding steroid dienone is 1. The first-order valence-electron chi connectivity index (χ1n) is 10.8. The third kappa shape index (κ3) is 4.82. The largest absolute Gasteiger partial charge is 0.341 e. The first-order valence-corrected chi connectivity index (χ1v) is 10.8. The van der Waals surface area contributed by atoms with Crippen LogP contribution in [0.1, 0.15) is 64.5 Å². The number of amides is 3. The molecule has 2 heterocycles. The maximum Gasteiger partial charge on any atom is 0.318 e. The second-order valence-corrected chi connectivity index (χ2v) is 9.28. The summed E-state index contributed by atoms with van der Waals surface area (Å²) < 4.78 is 0. The van der Waals surface area contributed by atoms with Crippen LogP contribution < -0.4 is 5.32 Å². The fourth-order valence-corrected chi connectivity index (χ4v) is 4.29. The van der Waals surface area contributed by atoms with Gasteiger partial charge in [-0.2, -0.15) is 0 Å². The van der Waals surface area contributed by atoms with Crippen LogP contribution in [0.15, 0.2) is 30.8 Å². The van der Waals surface area contributed by atoms with Crippen molar-refractivity contribution >= 4 is 17.5 Å². The topological polar surface area (TPSA) is 52.7 Å². The maximum atomic E-state index is 13.1. The standard InChI is InChI=1S/C24H35N3O2/c1-17(2)19-8-6-9-20(16-19)24(4,5)25-23(29)27-13-7-10-21(27)22(28)26-14-11-18(3)12-15-26/h6,8-9,16,18,21H,1,7,10-15H2,2-5H3,(H,25,29)/t21-/m0/s1. The van der Waals surface area contributed by atoms with E-state index in [0.717, 1.165) is 55.5 Å². The van der Waals surface area contributed by atoms with Gasteiger partial charge in [-0.3, -0.25) is 4.79 Å². The molecule has 0 radical (unpaired) electrons. The average molecular weight is 398 g/mol. The van der Waals surface area contributed by atoms with Crippen LogP contribution in [0.3, 0.4) is 0 Å². The van der Waals surface area contributed by atoms with Crippen LogP contribution in [0, 0.1) is 5.92 Å². The summed E-state index contributed by atoms with van der Waals surface area (Å²) in [6.45, 7) is 14.5. The van der Waals surface area contributed by atoms with Gasteiger partial charge in [0.25, 0.3) is 0 Å². The lowest BCUT2D eigenvalue weighted by Crippen LogP contribution is -2.54. The van der Waals surface area contributed by atoms with Gasteiger partial charge in [-0.25, -0.2) is 4.79 Å². The Morgan fingerprint density at radius 2 is 1.83 bits per heavy atom. The van der Waals surface area contributed by atoms with E-state index in [4.69, 9.17) is 0 Å². The van der Waals surface area contributed by atoms with Gasteiger partial charge in [-0.05, 0) is 69.6 Å². The van der Waals surface area contributed by atoms with Gasteiger partial charge in [-0.1, -0.05) is 37.3 Å². The lowest BCUT2D eigenvalue weighted by atomic mass is 9.92. The lowest BCUT2D eigenvalue weighted by molar-refractivity contribution is -0.136. The number of urea groups is 1. The smallest absolute Gasteiger partial charge is 0.318 e. The normalized spacial score (nSPS) is 20.6. The zero-order chi connectivity index (χ0) is 21.2. The molecule has 0 saturated carbocycles. The fraction of sp³-hybridized carbons (Fsp3) is 0.583. The average Bonchev–Trinajstić information content (AvgIpc) is 3.18. The van der Waals surface area contributed by atoms with Crippen molar-refractivity contribution in [3.8, 4) is 0 Å². The van der Waals surface area contributed by atoms with E-state index < -0.39 is 5.54 Å². The van der Waals surface area contributed by atoms with Crippen LogP contribution in [0.2, 0.25) is 0 Å². The molecule has 5 heteroatoms. The summed E-state index contributed by atoms with van der Waals surface area (Å²) in [6.07, 6.45) is 3.73. The Hall–Kier alpha value is -2.30. The second-order valence-electron chi connectivity index (χ2n) is 9.28. The zero-order valence-electron chi connectivity index (χ0n) is 18.3. The minimum Gasteiger partial charge on any atom is -0.341 e. The Bertz CT molecular complexity index is 778. The molecule has 0 spiro atoms. The molecule has 2 saturated heterocycles. The molecule has 158 valence electrons. The van der Waals surface area contributed by atoms with Gasteiger partial charge in [0.1, 0.15) is 6.04 Å². The number of nitrogens with zero attached hydrogens (tertiary/aromatic N) is 2. The molecular formula is C24H35N3O2. The van der Waals surface area contributed by atoms with E-state index in [-0.39, 0.29) is 18.0 Å². The van der Waals surface area contributed by atoms with Crippen molar-refractivity contribution in [3.05, 3.63) is 42.0 Å². The van der Waals surface area contributed by atoms with Gasteiger partial charge in [0.15, 0.2) is 0 Å². The molecule has 0 aromatic heterocycles. The maximum absolute atomic E-state index is 13.1. The summed E-state index contributed by atoms with van der Waals surface area (Å²) in [4.78, 5) is 29.9. The Labute approximate surface area is 175 Å². The highest BCUT2D eigenvalue weighted by molar-refractivity contribution is 5.88. The minimum atomic E-state index is -0.542. The SMILES string of the molecule is C=C(C)c1cccc(C(C)(C)NC(=O)N2CCC[C@H]2C(=O)N2CCC(C)CC2)c1. The van der Waals surface area contributed by atoms with Crippen LogP contribution in [0.25, 0.3) is 5.57 Å². The molecule has 2 aliphatic rings. The quantitative estimate of drug-likeness (QED) is 0.819. The van der Waals surface area contributed by atoms with Crippen LogP contribution in [-0.4, -0.2) is 47.4 Å². The summed E-state index contributed by atoms with van der Waals surface area (Å²) in [5.74, 6) is 0.796. The molecule has 1 atom stereocenters. The van der Waals surface area contributed by atoms with E-state index in [9.17, 15) is 9.59 Å². The van der Waals surface area contributed by atoms with Gasteiger partial charge >= 0.3 is 6.03 Å². The molecule has 1 aromatic carbocycles. The number of hydrogen-bond acceptors (Lipinski definition) is 2. The molecule has 0 unspecified atom stereocenters. The molecule has 3 amide bonds. The molecule has 3 rings (SSSR count). The molecule has 0 aliphatic carbocycles. The van der Waals surface area contributed by atoms with Crippen molar-refractivity contribution in [3.63, 3.8) is 0 Å². The van der Waals surface area contributed by atoms with Gasteiger partial charge in [0, 0.05) is 19.6 Å². The highest BCUT2D eigenvalue weighted by atomic mass is 16.2. The van der Waals surface area contributed by atoms with Crippen LogP contribution in [0.5, 0.6) is 0 Å². The molecule has 5 nitrogen and oxygen atoms in total. The highest BCUT2D eigenvalue weighted by Crippen LogP contribution is 2.27. The van der Waals surface area contributed by atoms with Crippen LogP contribution in [0.4, 0.5) is 4.79 Å². The third-order valence-electron chi connectivity index (χ3n) is 6.39. The first kappa shape index (κ1) is 21.4. The van der Waals surface area contributed by atoms with Crippen molar-refractivity contribution in [2.75, 3.05) is 19.6 Å². The molecule has 29 heavy (non-hydrogen) atoms. The molecule has 1 aromatic rings. The van der Waals surface area contributed by atoms with Gasteiger partial charge in [-0.15, -0.1) is 0 Å². The number of carbonyl (C=O) groups is 2. The summed E-state index contributed by atoms with van der Waals surface area (Å²) in [5.41, 5.74) is 2.55. The minimum absolute atomic E-state index is 0.117. The second kappa shape index (κ2) is 8.60. The van der Waals surface area contributed by atoms with E-state index in [1.165, 1.54) is 0 Å². The van der Waals surface area contributed by atoms with Gasteiger partial charge in [0.05, 0.1) is 5.54 Å². The first-order chi connectivity index (χ1) is 13.7. The zero-order valence-corrected chi connectivity index (χ0v) is 18.3. The van der Waals surface area contributed by atoms with Crippen LogP contribution in [-0.2, 0) is 10.3 Å². The molecular weight excluding hydrogens is 362 g/mol. The number of benzene rings is 1. The number of carbonyl (C=O) groups excluding carboxylic acids is 2. The van der Waals surface area contributed by atoms with Crippen molar-refractivity contribution in [1.82, 2.24) is 15.1 Å². The number of hydrogen-bond donors (Lipinski definition) is 1. The van der Waals surface area contributed by atoms with Gasteiger partial charge in [0.2, 0.25) is 5.91 Å². The number of likely N-dealkylation sites (tertiary alicyclic amines) is 2. The fourth-order valence-electron chi connectivity index (χ4n) is 4.29.